The minimum Gasteiger partial charge on any atom is -0.384 e. The minimum atomic E-state index is -0.472. The highest BCUT2D eigenvalue weighted by molar-refractivity contribution is 7.25. The number of carbonyl (C=O) groups excluding carboxylic acids is 2. The van der Waals surface area contributed by atoms with Gasteiger partial charge in [-0.3, -0.25) is 15.0 Å². The van der Waals surface area contributed by atoms with Crippen LogP contribution in [0.5, 0.6) is 0 Å². The molecule has 0 bridgehead atoms. The Morgan fingerprint density at radius 1 is 1.17 bits per heavy atom. The lowest BCUT2D eigenvalue weighted by atomic mass is 10.1. The first-order valence-corrected chi connectivity index (χ1v) is 13.4. The number of hydrogen-bond acceptors (Lipinski definition) is 5. The van der Waals surface area contributed by atoms with Crippen LogP contribution in [-0.2, 0) is 16.0 Å². The van der Waals surface area contributed by atoms with Gasteiger partial charge in [-0.15, -0.1) is 22.7 Å². The molecule has 2 aromatic heterocycles. The van der Waals surface area contributed by atoms with Crippen molar-refractivity contribution >= 4 is 60.5 Å². The Morgan fingerprint density at radius 2 is 1.94 bits per heavy atom. The standard InChI is InChI=1S/C27H28N4O2S2/c1-15-9-21(27(33)30-16(2)23-12-18(14-34-23)26(28)29)31(13-15)25(32)11-17-7-8-20-19-5-3-4-6-22(19)35-24(20)10-17/h3-8,10,12,14-16,21H,9,11,13H2,1-2H3,(H3,28,29)(H,30,33)/t15?,16-,21?/m1/s1. The molecule has 1 aliphatic heterocycles. The molecule has 180 valence electrons. The molecule has 1 fully saturated rings. The molecule has 6 nitrogen and oxygen atoms in total. The predicted molar refractivity (Wildman–Crippen MR) is 144 cm³/mol. The second kappa shape index (κ2) is 9.43. The van der Waals surface area contributed by atoms with E-state index in [1.165, 1.54) is 31.5 Å². The van der Waals surface area contributed by atoms with E-state index in [0.29, 0.717) is 18.5 Å². The number of fused-ring (bicyclic) bond motifs is 3. The fraction of sp³-hybridized carbons (Fsp3) is 0.296. The zero-order chi connectivity index (χ0) is 24.7. The first kappa shape index (κ1) is 23.5. The van der Waals surface area contributed by atoms with Gasteiger partial charge in [0.15, 0.2) is 0 Å². The van der Waals surface area contributed by atoms with Gasteiger partial charge in [0.25, 0.3) is 0 Å². The number of nitrogens with two attached hydrogens (primary N) is 1. The molecule has 0 aliphatic carbocycles. The van der Waals surface area contributed by atoms with Crippen molar-refractivity contribution in [2.45, 2.75) is 38.8 Å². The van der Waals surface area contributed by atoms with Crippen molar-refractivity contribution in [2.24, 2.45) is 11.7 Å². The maximum atomic E-state index is 13.3. The van der Waals surface area contributed by atoms with Crippen LogP contribution in [0.3, 0.4) is 0 Å². The molecule has 4 N–H and O–H groups in total. The van der Waals surface area contributed by atoms with Crippen molar-refractivity contribution in [3.05, 3.63) is 69.9 Å². The molecule has 0 spiro atoms. The Bertz CT molecular complexity index is 1440. The first-order valence-electron chi connectivity index (χ1n) is 11.7. The zero-order valence-corrected chi connectivity index (χ0v) is 21.3. The van der Waals surface area contributed by atoms with E-state index in [1.807, 2.05) is 36.6 Å². The monoisotopic (exact) mass is 504 g/mol. The summed E-state index contributed by atoms with van der Waals surface area (Å²) in [4.78, 5) is 29.2. The van der Waals surface area contributed by atoms with Crippen molar-refractivity contribution in [3.63, 3.8) is 0 Å². The Kier molecular flexibility index (Phi) is 6.34. The van der Waals surface area contributed by atoms with Crippen LogP contribution in [0, 0.1) is 11.3 Å². The molecule has 2 amide bonds. The van der Waals surface area contributed by atoms with Crippen LogP contribution in [0.1, 0.15) is 42.3 Å². The van der Waals surface area contributed by atoms with E-state index in [2.05, 4.69) is 36.5 Å². The lowest BCUT2D eigenvalue weighted by Gasteiger charge is -2.25. The van der Waals surface area contributed by atoms with E-state index in [-0.39, 0.29) is 36.0 Å². The Balaban J connectivity index is 1.29. The third-order valence-electron chi connectivity index (χ3n) is 6.65. The zero-order valence-electron chi connectivity index (χ0n) is 19.7. The molecule has 2 unspecified atom stereocenters. The molecule has 35 heavy (non-hydrogen) atoms. The Labute approximate surface area is 212 Å². The van der Waals surface area contributed by atoms with E-state index in [9.17, 15) is 9.59 Å². The molecule has 5 rings (SSSR count). The van der Waals surface area contributed by atoms with Gasteiger partial charge in [-0.1, -0.05) is 37.3 Å². The smallest absolute Gasteiger partial charge is 0.243 e. The summed E-state index contributed by atoms with van der Waals surface area (Å²) < 4.78 is 2.42. The topological polar surface area (TPSA) is 99.3 Å². The number of nitrogen functional groups attached to an aromatic ring is 1. The van der Waals surface area contributed by atoms with Crippen molar-refractivity contribution in [2.75, 3.05) is 6.54 Å². The van der Waals surface area contributed by atoms with E-state index in [1.54, 1.807) is 16.2 Å². The minimum absolute atomic E-state index is 0.0150. The summed E-state index contributed by atoms with van der Waals surface area (Å²) in [7, 11) is 0. The fourth-order valence-corrected chi connectivity index (χ4v) is 6.91. The molecule has 3 atom stereocenters. The summed E-state index contributed by atoms with van der Waals surface area (Å²) in [6.07, 6.45) is 0.936. The molecule has 1 aliphatic rings. The average molecular weight is 505 g/mol. The predicted octanol–water partition coefficient (Wildman–Crippen LogP) is 5.06. The number of likely N-dealkylation sites (tertiary alicyclic amines) is 1. The molecule has 4 aromatic rings. The number of amides is 2. The Morgan fingerprint density at radius 3 is 2.71 bits per heavy atom. The van der Waals surface area contributed by atoms with Gasteiger partial charge < -0.3 is 16.0 Å². The first-order chi connectivity index (χ1) is 16.8. The van der Waals surface area contributed by atoms with Gasteiger partial charge in [-0.25, -0.2) is 0 Å². The highest BCUT2D eigenvalue weighted by Gasteiger charge is 2.38. The van der Waals surface area contributed by atoms with Crippen LogP contribution < -0.4 is 11.1 Å². The molecular weight excluding hydrogens is 476 g/mol. The molecule has 8 heteroatoms. The second-order valence-electron chi connectivity index (χ2n) is 9.39. The maximum absolute atomic E-state index is 13.3. The van der Waals surface area contributed by atoms with Crippen molar-refractivity contribution < 1.29 is 9.59 Å². The van der Waals surface area contributed by atoms with E-state index >= 15 is 0 Å². The summed E-state index contributed by atoms with van der Waals surface area (Å²) in [5.41, 5.74) is 7.20. The van der Waals surface area contributed by atoms with Crippen LogP contribution in [0.25, 0.3) is 20.2 Å². The third kappa shape index (κ3) is 4.68. The van der Waals surface area contributed by atoms with E-state index < -0.39 is 6.04 Å². The van der Waals surface area contributed by atoms with E-state index in [4.69, 9.17) is 11.1 Å². The van der Waals surface area contributed by atoms with Gasteiger partial charge in [0.2, 0.25) is 11.8 Å². The molecule has 2 aromatic carbocycles. The van der Waals surface area contributed by atoms with Crippen LogP contribution in [0.2, 0.25) is 0 Å². The number of benzene rings is 2. The van der Waals surface area contributed by atoms with Crippen LogP contribution in [0.4, 0.5) is 0 Å². The summed E-state index contributed by atoms with van der Waals surface area (Å²) in [6, 6.07) is 15.7. The van der Waals surface area contributed by atoms with Gasteiger partial charge in [0.05, 0.1) is 12.5 Å². The average Bonchev–Trinajstić information content (AvgIpc) is 3.55. The van der Waals surface area contributed by atoms with Crippen molar-refractivity contribution in [1.29, 1.82) is 5.41 Å². The third-order valence-corrected chi connectivity index (χ3v) is 8.90. The lowest BCUT2D eigenvalue weighted by Crippen LogP contribution is -2.46. The number of rotatable bonds is 6. The lowest BCUT2D eigenvalue weighted by molar-refractivity contribution is -0.138. The highest BCUT2D eigenvalue weighted by atomic mass is 32.1. The number of thiophene rings is 2. The largest absolute Gasteiger partial charge is 0.384 e. The SMILES string of the molecule is CC1CC(C(=O)N[C@H](C)c2cc(C(=N)N)cs2)N(C(=O)Cc2ccc3c(c2)sc2ccccc23)C1. The van der Waals surface area contributed by atoms with Gasteiger partial charge >= 0.3 is 0 Å². The highest BCUT2D eigenvalue weighted by Crippen LogP contribution is 2.34. The molecule has 3 heterocycles. The normalized spacial score (nSPS) is 18.7. The van der Waals surface area contributed by atoms with Gasteiger partial charge in [0.1, 0.15) is 11.9 Å². The quantitative estimate of drug-likeness (QED) is 0.253. The van der Waals surface area contributed by atoms with Gasteiger partial charge in [-0.2, -0.15) is 0 Å². The summed E-state index contributed by atoms with van der Waals surface area (Å²) >= 11 is 3.21. The van der Waals surface area contributed by atoms with Crippen molar-refractivity contribution in [1.82, 2.24) is 10.2 Å². The summed E-state index contributed by atoms with van der Waals surface area (Å²) in [6.45, 7) is 4.58. The fourth-order valence-electron chi connectivity index (χ4n) is 4.83. The van der Waals surface area contributed by atoms with Crippen molar-refractivity contribution in [3.8, 4) is 0 Å². The number of amidine groups is 1. The number of nitrogens with one attached hydrogen (secondary N) is 2. The number of carbonyl (C=O) groups is 2. The molecule has 0 radical (unpaired) electrons. The molecule has 0 saturated carbocycles. The Hall–Kier alpha value is -3.23. The van der Waals surface area contributed by atoms with Crippen LogP contribution >= 0.6 is 22.7 Å². The van der Waals surface area contributed by atoms with Crippen LogP contribution in [-0.4, -0.2) is 35.1 Å². The van der Waals surface area contributed by atoms with Gasteiger partial charge in [0, 0.05) is 42.5 Å². The van der Waals surface area contributed by atoms with E-state index in [0.717, 1.165) is 10.4 Å². The van der Waals surface area contributed by atoms with Gasteiger partial charge in [-0.05, 0) is 43.0 Å². The van der Waals surface area contributed by atoms with Crippen LogP contribution in [0.15, 0.2) is 53.9 Å². The maximum Gasteiger partial charge on any atom is 0.243 e. The second-order valence-corrected chi connectivity index (χ2v) is 11.4. The summed E-state index contributed by atoms with van der Waals surface area (Å²) in [5.74, 6) is 0.132. The summed E-state index contributed by atoms with van der Waals surface area (Å²) in [5, 5.41) is 14.9. The number of nitrogens with zero attached hydrogens (tertiary/aromatic N) is 1. The molecule has 1 saturated heterocycles. The molecular formula is C27H28N4O2S2. The number of hydrogen-bond donors (Lipinski definition) is 3.